The summed E-state index contributed by atoms with van der Waals surface area (Å²) in [5.74, 6) is 0.657. The van der Waals surface area contributed by atoms with Gasteiger partial charge in [-0.15, -0.1) is 0 Å². The molecule has 0 aromatic heterocycles. The maximum Gasteiger partial charge on any atom is 0.513 e. The molecule has 0 saturated carbocycles. The van der Waals surface area contributed by atoms with E-state index < -0.39 is 6.16 Å². The molecule has 0 unspecified atom stereocenters. The summed E-state index contributed by atoms with van der Waals surface area (Å²) < 4.78 is 15.2. The van der Waals surface area contributed by atoms with Gasteiger partial charge in [-0.3, -0.25) is 0 Å². The predicted molar refractivity (Wildman–Crippen MR) is 90.0 cm³/mol. The van der Waals surface area contributed by atoms with Crippen LogP contribution in [-0.2, 0) is 11.3 Å². The second kappa shape index (κ2) is 7.77. The standard InChI is InChI=1S/C16H13Cl3O4/c1-9-6-13(19)15(7-12(9)18)22-8-10-11(17)4-3-5-14(10)23-16(20)21-2/h3-7H,8H2,1-2H3. The molecule has 0 N–H and O–H groups in total. The molecule has 0 fully saturated rings. The number of carbonyl (C=O) groups is 1. The van der Waals surface area contributed by atoms with Crippen LogP contribution < -0.4 is 9.47 Å². The Hall–Kier alpha value is -1.62. The van der Waals surface area contributed by atoms with Gasteiger partial charge < -0.3 is 14.2 Å². The van der Waals surface area contributed by atoms with Crippen LogP contribution in [0.25, 0.3) is 0 Å². The van der Waals surface area contributed by atoms with Gasteiger partial charge in [0.25, 0.3) is 0 Å². The van der Waals surface area contributed by atoms with Crippen LogP contribution in [0.2, 0.25) is 15.1 Å². The van der Waals surface area contributed by atoms with Crippen LogP contribution in [0.5, 0.6) is 11.5 Å². The molecule has 2 rings (SSSR count). The number of halogens is 3. The van der Waals surface area contributed by atoms with Gasteiger partial charge in [-0.05, 0) is 30.7 Å². The van der Waals surface area contributed by atoms with E-state index in [4.69, 9.17) is 44.3 Å². The quantitative estimate of drug-likeness (QED) is 0.509. The summed E-state index contributed by atoms with van der Waals surface area (Å²) in [5, 5.41) is 1.35. The van der Waals surface area contributed by atoms with Crippen molar-refractivity contribution in [3.05, 3.63) is 56.5 Å². The van der Waals surface area contributed by atoms with Crippen LogP contribution in [0.15, 0.2) is 30.3 Å². The lowest BCUT2D eigenvalue weighted by molar-refractivity contribution is 0.120. The van der Waals surface area contributed by atoms with Gasteiger partial charge in [-0.25, -0.2) is 4.79 Å². The Balaban J connectivity index is 2.23. The van der Waals surface area contributed by atoms with Crippen LogP contribution >= 0.6 is 34.8 Å². The molecule has 0 amide bonds. The molecular weight excluding hydrogens is 363 g/mol. The normalized spacial score (nSPS) is 10.3. The van der Waals surface area contributed by atoms with Gasteiger partial charge in [0.2, 0.25) is 0 Å². The maximum atomic E-state index is 11.3. The van der Waals surface area contributed by atoms with Crippen molar-refractivity contribution in [1.29, 1.82) is 0 Å². The number of benzene rings is 2. The molecule has 23 heavy (non-hydrogen) atoms. The van der Waals surface area contributed by atoms with Gasteiger partial charge in [-0.1, -0.05) is 40.9 Å². The Kier molecular flexibility index (Phi) is 5.99. The summed E-state index contributed by atoms with van der Waals surface area (Å²) >= 11 is 18.3. The molecule has 2 aromatic rings. The van der Waals surface area contributed by atoms with E-state index in [9.17, 15) is 4.79 Å². The molecule has 0 aliphatic carbocycles. The summed E-state index contributed by atoms with van der Waals surface area (Å²) in [6.07, 6.45) is -0.843. The molecule has 122 valence electrons. The second-order valence-electron chi connectivity index (χ2n) is 4.59. The van der Waals surface area contributed by atoms with Crippen molar-refractivity contribution in [1.82, 2.24) is 0 Å². The number of hydrogen-bond donors (Lipinski definition) is 0. The molecule has 0 spiro atoms. The molecule has 7 heteroatoms. The first-order valence-corrected chi connectivity index (χ1v) is 7.67. The van der Waals surface area contributed by atoms with Crippen molar-refractivity contribution in [3.8, 4) is 11.5 Å². The topological polar surface area (TPSA) is 44.8 Å². The van der Waals surface area contributed by atoms with Crippen LogP contribution in [-0.4, -0.2) is 13.3 Å². The largest absolute Gasteiger partial charge is 0.513 e. The second-order valence-corrected chi connectivity index (χ2v) is 5.81. The van der Waals surface area contributed by atoms with Crippen molar-refractivity contribution >= 4 is 41.0 Å². The smallest absolute Gasteiger partial charge is 0.487 e. The zero-order chi connectivity index (χ0) is 17.0. The molecule has 0 saturated heterocycles. The first-order valence-electron chi connectivity index (χ1n) is 6.54. The number of ether oxygens (including phenoxy) is 3. The summed E-state index contributed by atoms with van der Waals surface area (Å²) in [4.78, 5) is 11.3. The summed E-state index contributed by atoms with van der Waals surface area (Å²) in [6.45, 7) is 1.89. The van der Waals surface area contributed by atoms with E-state index in [-0.39, 0.29) is 12.4 Å². The average Bonchev–Trinajstić information content (AvgIpc) is 2.51. The van der Waals surface area contributed by atoms with Crippen molar-refractivity contribution in [2.75, 3.05) is 7.11 Å². The van der Waals surface area contributed by atoms with E-state index in [1.165, 1.54) is 7.11 Å². The minimum absolute atomic E-state index is 0.0467. The zero-order valence-corrected chi connectivity index (χ0v) is 14.6. The fourth-order valence-corrected chi connectivity index (χ4v) is 2.44. The number of methoxy groups -OCH3 is 1. The van der Waals surface area contributed by atoms with Crippen LogP contribution in [0.3, 0.4) is 0 Å². The van der Waals surface area contributed by atoms with Crippen molar-refractivity contribution in [2.45, 2.75) is 13.5 Å². The average molecular weight is 376 g/mol. The fraction of sp³-hybridized carbons (Fsp3) is 0.188. The minimum Gasteiger partial charge on any atom is -0.487 e. The van der Waals surface area contributed by atoms with Crippen LogP contribution in [0, 0.1) is 6.92 Å². The van der Waals surface area contributed by atoms with E-state index in [2.05, 4.69) is 4.74 Å². The van der Waals surface area contributed by atoms with Crippen molar-refractivity contribution < 1.29 is 19.0 Å². The lowest BCUT2D eigenvalue weighted by atomic mass is 10.2. The lowest BCUT2D eigenvalue weighted by Crippen LogP contribution is -2.10. The summed E-state index contributed by atoms with van der Waals surface area (Å²) in [7, 11) is 1.22. The van der Waals surface area contributed by atoms with E-state index in [1.807, 2.05) is 6.92 Å². The highest BCUT2D eigenvalue weighted by molar-refractivity contribution is 6.34. The first kappa shape index (κ1) is 17.7. The molecule has 0 heterocycles. The van der Waals surface area contributed by atoms with Gasteiger partial charge >= 0.3 is 6.16 Å². The third kappa shape index (κ3) is 4.44. The SMILES string of the molecule is COC(=O)Oc1cccc(Cl)c1COc1cc(Cl)c(C)cc1Cl. The van der Waals surface area contributed by atoms with Crippen molar-refractivity contribution in [2.24, 2.45) is 0 Å². The highest BCUT2D eigenvalue weighted by Gasteiger charge is 2.14. The third-order valence-electron chi connectivity index (χ3n) is 3.02. The monoisotopic (exact) mass is 374 g/mol. The Labute approximate surface area is 148 Å². The summed E-state index contributed by atoms with van der Waals surface area (Å²) in [5.41, 5.74) is 1.34. The van der Waals surface area contributed by atoms with Crippen LogP contribution in [0.1, 0.15) is 11.1 Å². The Morgan fingerprint density at radius 1 is 1.04 bits per heavy atom. The molecule has 0 aliphatic rings. The van der Waals surface area contributed by atoms with Gasteiger partial charge in [0.05, 0.1) is 22.7 Å². The van der Waals surface area contributed by atoms with E-state index >= 15 is 0 Å². The maximum absolute atomic E-state index is 11.3. The molecular formula is C16H13Cl3O4. The fourth-order valence-electron chi connectivity index (χ4n) is 1.79. The lowest BCUT2D eigenvalue weighted by Gasteiger charge is -2.13. The van der Waals surface area contributed by atoms with Crippen molar-refractivity contribution in [3.63, 3.8) is 0 Å². The van der Waals surface area contributed by atoms with Crippen LogP contribution in [0.4, 0.5) is 4.79 Å². The Morgan fingerprint density at radius 3 is 2.48 bits per heavy atom. The Morgan fingerprint density at radius 2 is 1.78 bits per heavy atom. The molecule has 0 aliphatic heterocycles. The number of rotatable bonds is 4. The van der Waals surface area contributed by atoms with E-state index in [1.54, 1.807) is 30.3 Å². The highest BCUT2D eigenvalue weighted by Crippen LogP contribution is 2.33. The minimum atomic E-state index is -0.843. The Bertz CT molecular complexity index is 732. The third-order valence-corrected chi connectivity index (χ3v) is 4.08. The zero-order valence-electron chi connectivity index (χ0n) is 12.4. The molecule has 4 nitrogen and oxygen atoms in total. The van der Waals surface area contributed by atoms with Gasteiger partial charge in [0.15, 0.2) is 0 Å². The number of hydrogen-bond acceptors (Lipinski definition) is 4. The van der Waals surface area contributed by atoms with E-state index in [0.717, 1.165) is 5.56 Å². The highest BCUT2D eigenvalue weighted by atomic mass is 35.5. The van der Waals surface area contributed by atoms with Gasteiger partial charge in [0.1, 0.15) is 18.1 Å². The summed E-state index contributed by atoms with van der Waals surface area (Å²) in [6, 6.07) is 8.23. The van der Waals surface area contributed by atoms with E-state index in [0.29, 0.717) is 26.4 Å². The first-order chi connectivity index (χ1) is 10.9. The molecule has 2 aromatic carbocycles. The molecule has 0 atom stereocenters. The van der Waals surface area contributed by atoms with Gasteiger partial charge in [0, 0.05) is 11.1 Å². The molecule has 0 radical (unpaired) electrons. The number of carbonyl (C=O) groups excluding carboxylic acids is 1. The number of aryl methyl sites for hydroxylation is 1. The molecule has 0 bridgehead atoms. The predicted octanol–water partition coefficient (Wildman–Crippen LogP) is 5.68. The van der Waals surface area contributed by atoms with Gasteiger partial charge in [-0.2, -0.15) is 0 Å².